The van der Waals surface area contributed by atoms with Gasteiger partial charge in [-0.05, 0) is 38.1 Å². The van der Waals surface area contributed by atoms with E-state index in [1.54, 1.807) is 17.5 Å². The average Bonchev–Trinajstić information content (AvgIpc) is 3.00. The lowest BCUT2D eigenvalue weighted by Crippen LogP contribution is -2.47. The summed E-state index contributed by atoms with van der Waals surface area (Å²) in [5.74, 6) is -3.30. The molecule has 0 saturated carbocycles. The van der Waals surface area contributed by atoms with Crippen molar-refractivity contribution in [3.8, 4) is 0 Å². The molecule has 1 aliphatic rings. The van der Waals surface area contributed by atoms with Gasteiger partial charge in [0.15, 0.2) is 0 Å². The van der Waals surface area contributed by atoms with Crippen LogP contribution in [0.2, 0.25) is 0 Å². The molecule has 2 rings (SSSR count). The average molecular weight is 322 g/mol. The van der Waals surface area contributed by atoms with Crippen molar-refractivity contribution >= 4 is 29.1 Å². The Kier molecular flexibility index (Phi) is 4.97. The molecule has 2 atom stereocenters. The highest BCUT2D eigenvalue weighted by atomic mass is 32.1. The van der Waals surface area contributed by atoms with Crippen LogP contribution in [0.5, 0.6) is 0 Å². The number of carbonyl (C=O) groups excluding carboxylic acids is 2. The molecule has 0 spiro atoms. The van der Waals surface area contributed by atoms with E-state index in [0.29, 0.717) is 17.7 Å². The molecular formula is C15H18N2O4S. The highest BCUT2D eigenvalue weighted by Gasteiger charge is 2.37. The fourth-order valence-electron chi connectivity index (χ4n) is 2.51. The molecule has 22 heavy (non-hydrogen) atoms. The highest BCUT2D eigenvalue weighted by Crippen LogP contribution is 2.34. The van der Waals surface area contributed by atoms with E-state index in [4.69, 9.17) is 0 Å². The van der Waals surface area contributed by atoms with Gasteiger partial charge in [0, 0.05) is 0 Å². The van der Waals surface area contributed by atoms with Gasteiger partial charge >= 0.3 is 5.97 Å². The van der Waals surface area contributed by atoms with E-state index in [-0.39, 0.29) is 0 Å². The van der Waals surface area contributed by atoms with Crippen LogP contribution in [-0.2, 0) is 9.59 Å². The van der Waals surface area contributed by atoms with Crippen LogP contribution in [0.1, 0.15) is 36.4 Å². The first kappa shape index (κ1) is 16.2. The normalized spacial score (nSPS) is 21.4. The summed E-state index contributed by atoms with van der Waals surface area (Å²) in [7, 11) is 0. The topological polar surface area (TPSA) is 95.5 Å². The van der Waals surface area contributed by atoms with E-state index < -0.39 is 29.6 Å². The minimum absolute atomic E-state index is 0.359. The van der Waals surface area contributed by atoms with Crippen molar-refractivity contribution < 1.29 is 19.5 Å². The summed E-state index contributed by atoms with van der Waals surface area (Å²) in [5, 5.41) is 11.1. The Labute approximate surface area is 132 Å². The summed E-state index contributed by atoms with van der Waals surface area (Å²) in [5.41, 5.74) is 6.72. The molecule has 118 valence electrons. The van der Waals surface area contributed by atoms with Crippen molar-refractivity contribution in [3.63, 3.8) is 0 Å². The molecule has 0 saturated heterocycles. The number of thiophene rings is 1. The molecular weight excluding hydrogens is 304 g/mol. The third-order valence-electron chi connectivity index (χ3n) is 3.96. The van der Waals surface area contributed by atoms with Crippen LogP contribution in [0.25, 0.3) is 0 Å². The molecule has 0 aliphatic heterocycles. The first-order chi connectivity index (χ1) is 10.4. The molecule has 0 bridgehead atoms. The van der Waals surface area contributed by atoms with E-state index in [2.05, 4.69) is 10.9 Å². The molecule has 1 aliphatic carbocycles. The van der Waals surface area contributed by atoms with Crippen molar-refractivity contribution in [1.29, 1.82) is 0 Å². The van der Waals surface area contributed by atoms with Crippen LogP contribution in [-0.4, -0.2) is 22.9 Å². The number of carboxylic acids is 1. The van der Waals surface area contributed by atoms with Crippen molar-refractivity contribution in [2.24, 2.45) is 11.8 Å². The zero-order chi connectivity index (χ0) is 16.3. The maximum atomic E-state index is 12.2. The number of nitrogens with one attached hydrogen (secondary N) is 2. The van der Waals surface area contributed by atoms with Crippen molar-refractivity contribution in [3.05, 3.63) is 33.5 Å². The monoisotopic (exact) mass is 322 g/mol. The smallest absolute Gasteiger partial charge is 0.307 e. The van der Waals surface area contributed by atoms with Crippen LogP contribution < -0.4 is 10.9 Å². The molecule has 1 aromatic rings. The lowest BCUT2D eigenvalue weighted by Gasteiger charge is -2.29. The van der Waals surface area contributed by atoms with Gasteiger partial charge in [0.2, 0.25) is 5.91 Å². The predicted octanol–water partition coefficient (Wildman–Crippen LogP) is 1.96. The maximum absolute atomic E-state index is 12.2. The molecule has 0 fully saturated rings. The number of hydrogen-bond donors (Lipinski definition) is 3. The molecule has 1 aromatic heterocycles. The van der Waals surface area contributed by atoms with Crippen LogP contribution >= 0.6 is 11.3 Å². The van der Waals surface area contributed by atoms with Gasteiger partial charge in [-0.3, -0.25) is 25.2 Å². The second-order valence-electron chi connectivity index (χ2n) is 5.44. The van der Waals surface area contributed by atoms with E-state index in [0.717, 1.165) is 11.1 Å². The van der Waals surface area contributed by atoms with Gasteiger partial charge in [-0.2, -0.15) is 0 Å². The van der Waals surface area contributed by atoms with Crippen LogP contribution in [0.15, 0.2) is 28.7 Å². The van der Waals surface area contributed by atoms with Crippen molar-refractivity contribution in [2.75, 3.05) is 0 Å². The first-order valence-electron chi connectivity index (χ1n) is 6.92. The zero-order valence-electron chi connectivity index (χ0n) is 12.4. The zero-order valence-corrected chi connectivity index (χ0v) is 13.2. The minimum Gasteiger partial charge on any atom is -0.481 e. The second-order valence-corrected chi connectivity index (χ2v) is 6.39. The SMILES string of the molecule is CC1=C(C)CC(C(=O)NNC(=O)c2cccs2)C(C(=O)O)C1. The molecule has 7 heteroatoms. The number of hydrogen-bond acceptors (Lipinski definition) is 4. The fourth-order valence-corrected chi connectivity index (χ4v) is 3.13. The summed E-state index contributed by atoms with van der Waals surface area (Å²) >= 11 is 1.26. The molecule has 0 aromatic carbocycles. The van der Waals surface area contributed by atoms with Gasteiger partial charge in [-0.15, -0.1) is 11.3 Å². The summed E-state index contributed by atoms with van der Waals surface area (Å²) in [6.07, 6.45) is 0.752. The maximum Gasteiger partial charge on any atom is 0.307 e. The third-order valence-corrected chi connectivity index (χ3v) is 4.83. The van der Waals surface area contributed by atoms with Gasteiger partial charge in [-0.25, -0.2) is 0 Å². The van der Waals surface area contributed by atoms with Crippen LogP contribution in [0, 0.1) is 11.8 Å². The molecule has 2 unspecified atom stereocenters. The lowest BCUT2D eigenvalue weighted by atomic mass is 9.76. The Morgan fingerprint density at radius 1 is 1.14 bits per heavy atom. The number of carboxylic acid groups (broad SMARTS) is 1. The van der Waals surface area contributed by atoms with Gasteiger partial charge in [0.25, 0.3) is 5.91 Å². The number of aliphatic carboxylic acids is 1. The lowest BCUT2D eigenvalue weighted by molar-refractivity contribution is -0.147. The van der Waals surface area contributed by atoms with Crippen LogP contribution in [0.3, 0.4) is 0 Å². The molecule has 3 N–H and O–H groups in total. The molecule has 2 amide bonds. The predicted molar refractivity (Wildman–Crippen MR) is 82.2 cm³/mol. The van der Waals surface area contributed by atoms with Gasteiger partial charge in [0.05, 0.1) is 16.7 Å². The summed E-state index contributed by atoms with van der Waals surface area (Å²) in [6, 6.07) is 3.38. The minimum atomic E-state index is -0.989. The third kappa shape index (κ3) is 3.54. The van der Waals surface area contributed by atoms with Crippen molar-refractivity contribution in [2.45, 2.75) is 26.7 Å². The molecule has 6 nitrogen and oxygen atoms in total. The Bertz CT molecular complexity index is 621. The largest absolute Gasteiger partial charge is 0.481 e. The summed E-state index contributed by atoms with van der Waals surface area (Å²) in [4.78, 5) is 35.9. The Hall–Kier alpha value is -2.15. The van der Waals surface area contributed by atoms with E-state index in [1.807, 2.05) is 13.8 Å². The van der Waals surface area contributed by atoms with E-state index >= 15 is 0 Å². The Balaban J connectivity index is 2.01. The van der Waals surface area contributed by atoms with Crippen molar-refractivity contribution in [1.82, 2.24) is 10.9 Å². The number of hydrazine groups is 1. The first-order valence-corrected chi connectivity index (χ1v) is 7.80. The number of carbonyl (C=O) groups is 3. The number of rotatable bonds is 3. The Morgan fingerprint density at radius 3 is 2.32 bits per heavy atom. The Morgan fingerprint density at radius 2 is 1.77 bits per heavy atom. The number of allylic oxidation sites excluding steroid dienone is 2. The standard InChI is InChI=1S/C15H18N2O4S/c1-8-6-10(11(15(20)21)7-9(8)2)13(18)16-17-14(19)12-4-3-5-22-12/h3-5,10-11H,6-7H2,1-2H3,(H,16,18)(H,17,19)(H,20,21). The fraction of sp³-hybridized carbons (Fsp3) is 0.400. The molecule has 0 radical (unpaired) electrons. The van der Waals surface area contributed by atoms with Crippen LogP contribution in [0.4, 0.5) is 0 Å². The van der Waals surface area contributed by atoms with E-state index in [1.165, 1.54) is 11.3 Å². The van der Waals surface area contributed by atoms with Gasteiger partial charge in [-0.1, -0.05) is 17.2 Å². The summed E-state index contributed by atoms with van der Waals surface area (Å²) < 4.78 is 0. The van der Waals surface area contributed by atoms with Gasteiger partial charge in [0.1, 0.15) is 0 Å². The van der Waals surface area contributed by atoms with E-state index in [9.17, 15) is 19.5 Å². The highest BCUT2D eigenvalue weighted by molar-refractivity contribution is 7.12. The second kappa shape index (κ2) is 6.74. The summed E-state index contributed by atoms with van der Waals surface area (Å²) in [6.45, 7) is 3.79. The number of amides is 2. The molecule has 1 heterocycles. The van der Waals surface area contributed by atoms with Gasteiger partial charge < -0.3 is 5.11 Å². The quantitative estimate of drug-likeness (QED) is 0.585.